The molecule has 0 radical (unpaired) electrons. The molecule has 1 aromatic carbocycles. The van der Waals surface area contributed by atoms with Crippen molar-refractivity contribution in [3.05, 3.63) is 41.7 Å². The molecule has 1 aliphatic rings. The summed E-state index contributed by atoms with van der Waals surface area (Å²) < 4.78 is 5.41. The van der Waals surface area contributed by atoms with Crippen LogP contribution in [0.15, 0.2) is 36.1 Å². The van der Waals surface area contributed by atoms with Crippen LogP contribution in [0.2, 0.25) is 0 Å². The lowest BCUT2D eigenvalue weighted by atomic mass is 10.1. The molecule has 0 aromatic heterocycles. The first kappa shape index (κ1) is 9.28. The molecule has 0 fully saturated rings. The lowest BCUT2D eigenvalue weighted by Crippen LogP contribution is -2.14. The number of allylic oxidation sites excluding steroid dienone is 2. The van der Waals surface area contributed by atoms with E-state index < -0.39 is 0 Å². The molecule has 3 heteroatoms. The van der Waals surface area contributed by atoms with Crippen molar-refractivity contribution in [3.8, 4) is 5.75 Å². The van der Waals surface area contributed by atoms with Gasteiger partial charge in [-0.05, 0) is 24.1 Å². The minimum Gasteiger partial charge on any atom is -0.454 e. The molecule has 1 aliphatic heterocycles. The number of rotatable bonds is 2. The minimum absolute atomic E-state index is 0.0337. The SMILES string of the molecule is O=C(CCl)C1=CCc2ccccc2O1. The fraction of sp³-hybridized carbons (Fsp3) is 0.182. The van der Waals surface area contributed by atoms with Crippen molar-refractivity contribution >= 4 is 17.4 Å². The van der Waals surface area contributed by atoms with Gasteiger partial charge in [0.2, 0.25) is 5.78 Å². The van der Waals surface area contributed by atoms with Crippen molar-refractivity contribution in [3.63, 3.8) is 0 Å². The molecular formula is C11H9ClO2. The molecule has 0 spiro atoms. The second kappa shape index (κ2) is 3.84. The average Bonchev–Trinajstić information content (AvgIpc) is 2.27. The Morgan fingerprint density at radius 1 is 1.43 bits per heavy atom. The number of hydrogen-bond donors (Lipinski definition) is 0. The van der Waals surface area contributed by atoms with Gasteiger partial charge in [0.15, 0.2) is 5.76 Å². The molecule has 1 aromatic rings. The summed E-state index contributed by atoms with van der Waals surface area (Å²) in [6, 6.07) is 7.66. The lowest BCUT2D eigenvalue weighted by molar-refractivity contribution is -0.115. The van der Waals surface area contributed by atoms with Gasteiger partial charge < -0.3 is 4.74 Å². The normalized spacial score (nSPS) is 13.9. The van der Waals surface area contributed by atoms with Crippen molar-refractivity contribution < 1.29 is 9.53 Å². The summed E-state index contributed by atoms with van der Waals surface area (Å²) in [5.74, 6) is 0.914. The van der Waals surface area contributed by atoms with Crippen LogP contribution in [0.3, 0.4) is 0 Å². The summed E-state index contributed by atoms with van der Waals surface area (Å²) in [7, 11) is 0. The zero-order valence-corrected chi connectivity index (χ0v) is 8.25. The highest BCUT2D eigenvalue weighted by Gasteiger charge is 2.16. The number of benzene rings is 1. The monoisotopic (exact) mass is 208 g/mol. The van der Waals surface area contributed by atoms with Crippen LogP contribution in [0.1, 0.15) is 5.56 Å². The van der Waals surface area contributed by atoms with Crippen LogP contribution in [0, 0.1) is 0 Å². The Bertz CT molecular complexity index is 396. The number of ketones is 1. The number of halogens is 1. The number of hydrogen-bond acceptors (Lipinski definition) is 2. The number of ether oxygens (including phenoxy) is 1. The highest BCUT2D eigenvalue weighted by molar-refractivity contribution is 6.30. The van der Waals surface area contributed by atoms with Crippen LogP contribution in [0.4, 0.5) is 0 Å². The number of carbonyl (C=O) groups is 1. The van der Waals surface area contributed by atoms with Gasteiger partial charge in [-0.2, -0.15) is 0 Å². The topological polar surface area (TPSA) is 26.3 Å². The van der Waals surface area contributed by atoms with E-state index in [0.29, 0.717) is 5.76 Å². The maximum absolute atomic E-state index is 11.3. The van der Waals surface area contributed by atoms with E-state index in [9.17, 15) is 4.79 Å². The number of para-hydroxylation sites is 1. The van der Waals surface area contributed by atoms with Gasteiger partial charge >= 0.3 is 0 Å². The van der Waals surface area contributed by atoms with Gasteiger partial charge in [0.25, 0.3) is 0 Å². The predicted octanol–water partition coefficient (Wildman–Crippen LogP) is 2.31. The molecule has 0 aliphatic carbocycles. The Kier molecular flexibility index (Phi) is 2.55. The number of alkyl halides is 1. The van der Waals surface area contributed by atoms with Gasteiger partial charge in [0, 0.05) is 0 Å². The number of fused-ring (bicyclic) bond motifs is 1. The zero-order valence-electron chi connectivity index (χ0n) is 7.50. The summed E-state index contributed by atoms with van der Waals surface area (Å²) in [5.41, 5.74) is 1.10. The van der Waals surface area contributed by atoms with Crippen LogP contribution in [0.5, 0.6) is 5.75 Å². The maximum atomic E-state index is 11.3. The molecule has 14 heavy (non-hydrogen) atoms. The van der Waals surface area contributed by atoms with Gasteiger partial charge in [-0.3, -0.25) is 4.79 Å². The van der Waals surface area contributed by atoms with E-state index in [-0.39, 0.29) is 11.7 Å². The van der Waals surface area contributed by atoms with E-state index in [1.165, 1.54) is 0 Å². The molecular weight excluding hydrogens is 200 g/mol. The Morgan fingerprint density at radius 3 is 3.00 bits per heavy atom. The summed E-state index contributed by atoms with van der Waals surface area (Å²) in [4.78, 5) is 11.3. The van der Waals surface area contributed by atoms with Crippen LogP contribution in [0.25, 0.3) is 0 Å². The van der Waals surface area contributed by atoms with Crippen LogP contribution >= 0.6 is 11.6 Å². The molecule has 0 amide bonds. The third kappa shape index (κ3) is 1.66. The molecule has 0 saturated heterocycles. The predicted molar refractivity (Wildman–Crippen MR) is 54.6 cm³/mol. The van der Waals surface area contributed by atoms with Crippen molar-refractivity contribution in [2.75, 3.05) is 5.88 Å². The van der Waals surface area contributed by atoms with E-state index in [1.54, 1.807) is 6.08 Å². The first-order valence-electron chi connectivity index (χ1n) is 4.36. The highest BCUT2D eigenvalue weighted by Crippen LogP contribution is 2.25. The number of carbonyl (C=O) groups excluding carboxylic acids is 1. The first-order chi connectivity index (χ1) is 6.81. The minimum atomic E-state index is -0.166. The summed E-state index contributed by atoms with van der Waals surface area (Å²) in [5, 5.41) is 0. The van der Waals surface area contributed by atoms with Crippen molar-refractivity contribution in [1.82, 2.24) is 0 Å². The molecule has 0 unspecified atom stereocenters. The summed E-state index contributed by atoms with van der Waals surface area (Å²) in [6.07, 6.45) is 2.50. The molecule has 0 saturated carbocycles. The van der Waals surface area contributed by atoms with Crippen molar-refractivity contribution in [1.29, 1.82) is 0 Å². The molecule has 0 atom stereocenters. The third-order valence-corrected chi connectivity index (χ3v) is 2.34. The molecule has 0 N–H and O–H groups in total. The fourth-order valence-corrected chi connectivity index (χ4v) is 1.50. The average molecular weight is 209 g/mol. The largest absolute Gasteiger partial charge is 0.454 e. The second-order valence-electron chi connectivity index (χ2n) is 3.04. The molecule has 2 rings (SSSR count). The Morgan fingerprint density at radius 2 is 2.21 bits per heavy atom. The number of Topliss-reactive ketones (excluding diaryl/α,β-unsaturated/α-hetero) is 1. The Hall–Kier alpha value is -1.28. The standard InChI is InChI=1S/C11H9ClO2/c12-7-9(13)11-6-5-8-3-1-2-4-10(8)14-11/h1-4,6H,5,7H2. The van der Waals surface area contributed by atoms with E-state index in [1.807, 2.05) is 24.3 Å². The molecule has 1 heterocycles. The van der Waals surface area contributed by atoms with Crippen molar-refractivity contribution in [2.45, 2.75) is 6.42 Å². The maximum Gasteiger partial charge on any atom is 0.212 e. The lowest BCUT2D eigenvalue weighted by Gasteiger charge is -2.16. The summed E-state index contributed by atoms with van der Waals surface area (Å²) >= 11 is 5.44. The van der Waals surface area contributed by atoms with E-state index >= 15 is 0 Å². The van der Waals surface area contributed by atoms with Crippen LogP contribution in [-0.4, -0.2) is 11.7 Å². The van der Waals surface area contributed by atoms with Crippen LogP contribution < -0.4 is 4.74 Å². The molecule has 0 bridgehead atoms. The summed E-state index contributed by atoms with van der Waals surface area (Å²) in [6.45, 7) is 0. The smallest absolute Gasteiger partial charge is 0.212 e. The van der Waals surface area contributed by atoms with E-state index in [2.05, 4.69) is 0 Å². The third-order valence-electron chi connectivity index (χ3n) is 2.10. The van der Waals surface area contributed by atoms with Gasteiger partial charge in [-0.25, -0.2) is 0 Å². The van der Waals surface area contributed by atoms with Gasteiger partial charge in [-0.15, -0.1) is 11.6 Å². The quantitative estimate of drug-likeness (QED) is 0.698. The first-order valence-corrected chi connectivity index (χ1v) is 4.90. The van der Waals surface area contributed by atoms with Crippen LogP contribution in [-0.2, 0) is 11.2 Å². The van der Waals surface area contributed by atoms with Gasteiger partial charge in [0.05, 0.1) is 5.88 Å². The Labute approximate surface area is 87.1 Å². The van der Waals surface area contributed by atoms with E-state index in [0.717, 1.165) is 17.7 Å². The Balaban J connectivity index is 2.25. The fourth-order valence-electron chi connectivity index (χ4n) is 1.37. The van der Waals surface area contributed by atoms with Crippen molar-refractivity contribution in [2.24, 2.45) is 0 Å². The van der Waals surface area contributed by atoms with Gasteiger partial charge in [-0.1, -0.05) is 18.2 Å². The highest BCUT2D eigenvalue weighted by atomic mass is 35.5. The van der Waals surface area contributed by atoms with E-state index in [4.69, 9.17) is 16.3 Å². The molecule has 2 nitrogen and oxygen atoms in total. The second-order valence-corrected chi connectivity index (χ2v) is 3.31. The molecule has 72 valence electrons. The zero-order chi connectivity index (χ0) is 9.97. The van der Waals surface area contributed by atoms with Gasteiger partial charge in [0.1, 0.15) is 5.75 Å².